The van der Waals surface area contributed by atoms with Gasteiger partial charge < -0.3 is 0 Å². The summed E-state index contributed by atoms with van der Waals surface area (Å²) >= 11 is 0. The summed E-state index contributed by atoms with van der Waals surface area (Å²) in [5.41, 5.74) is 1.98. The minimum Gasteiger partial charge on any atom is -0.255 e. The molecule has 1 aromatic carbocycles. The van der Waals surface area contributed by atoms with Gasteiger partial charge in [-0.25, -0.2) is 0 Å². The first-order valence-electron chi connectivity index (χ1n) is 4.73. The van der Waals surface area contributed by atoms with Crippen LogP contribution in [0, 0.1) is 0 Å². The molecule has 2 nitrogen and oxygen atoms in total. The summed E-state index contributed by atoms with van der Waals surface area (Å²) in [6.45, 7) is 6.95. The summed E-state index contributed by atoms with van der Waals surface area (Å²) in [5, 5.41) is 2.86. The molecule has 1 aromatic rings. The van der Waals surface area contributed by atoms with Crippen molar-refractivity contribution in [3.63, 3.8) is 0 Å². The van der Waals surface area contributed by atoms with Crippen LogP contribution in [-0.4, -0.2) is 8.42 Å². The third-order valence-electron chi connectivity index (χ3n) is 2.01. The van der Waals surface area contributed by atoms with Crippen LogP contribution in [0.2, 0.25) is 0 Å². The molecule has 16 heavy (non-hydrogen) atoms. The average molecular weight is 254 g/mol. The van der Waals surface area contributed by atoms with Crippen LogP contribution in [-0.2, 0) is 33.1 Å². The van der Waals surface area contributed by atoms with Gasteiger partial charge in [-0.3, -0.25) is 8.42 Å². The Hall–Kier alpha value is -1.00. The molecule has 0 aliphatic rings. The molecule has 86 valence electrons. The van der Waals surface area contributed by atoms with Crippen molar-refractivity contribution >= 4 is 21.6 Å². The number of hydrogen-bond donors (Lipinski definition) is 0. The van der Waals surface area contributed by atoms with E-state index in [1.54, 1.807) is 0 Å². The van der Waals surface area contributed by atoms with E-state index in [9.17, 15) is 8.42 Å². The molecule has 0 saturated heterocycles. The topological polar surface area (TPSA) is 34.1 Å². The van der Waals surface area contributed by atoms with Gasteiger partial charge in [0.05, 0.1) is 11.5 Å². The van der Waals surface area contributed by atoms with E-state index in [-0.39, 0.29) is 0 Å². The molecule has 0 aliphatic heterocycles. The second kappa shape index (κ2) is 6.55. The number of hydrogen-bond acceptors (Lipinski definition) is 2. The smallest absolute Gasteiger partial charge is 0.0526 e. The Morgan fingerprint density at radius 1 is 0.875 bits per heavy atom. The lowest BCUT2D eigenvalue weighted by Gasteiger charge is -2.01. The monoisotopic (exact) mass is 254 g/mol. The van der Waals surface area contributed by atoms with Gasteiger partial charge in [0.25, 0.3) is 0 Å². The highest BCUT2D eigenvalue weighted by atomic mass is 32.2. The Morgan fingerprint density at radius 2 is 1.19 bits per heavy atom. The fraction of sp³-hybridized carbons (Fsp3) is 0.167. The summed E-state index contributed by atoms with van der Waals surface area (Å²) in [6.07, 6.45) is 0. The standard InChI is InChI=1S/C12H14O2S2/c1-3-15(13)9-11-5-7-12(8-6-11)10-16(14)4-2/h3-8H,1-2,9-10H2. The predicted molar refractivity (Wildman–Crippen MR) is 70.5 cm³/mol. The summed E-state index contributed by atoms with van der Waals surface area (Å²) in [7, 11) is -2.02. The van der Waals surface area contributed by atoms with E-state index in [0.717, 1.165) is 11.1 Å². The zero-order chi connectivity index (χ0) is 12.0. The first-order valence-corrected chi connectivity index (χ1v) is 7.49. The SMILES string of the molecule is C=CS(=O)Cc1ccc(CS(=O)C=C)cc1. The Labute approximate surface area is 101 Å². The number of rotatable bonds is 6. The molecule has 0 bridgehead atoms. The van der Waals surface area contributed by atoms with E-state index in [2.05, 4.69) is 13.2 Å². The number of benzene rings is 1. The molecular formula is C12H14O2S2. The van der Waals surface area contributed by atoms with E-state index in [1.165, 1.54) is 10.8 Å². The molecule has 2 unspecified atom stereocenters. The first kappa shape index (κ1) is 13.1. The third kappa shape index (κ3) is 4.24. The van der Waals surface area contributed by atoms with Gasteiger partial charge in [-0.2, -0.15) is 0 Å². The minimum absolute atomic E-state index is 0.480. The van der Waals surface area contributed by atoms with E-state index in [4.69, 9.17) is 0 Å². The van der Waals surface area contributed by atoms with Crippen LogP contribution in [0.15, 0.2) is 48.2 Å². The van der Waals surface area contributed by atoms with Gasteiger partial charge in [-0.15, -0.1) is 0 Å². The summed E-state index contributed by atoms with van der Waals surface area (Å²) in [4.78, 5) is 0. The fourth-order valence-electron chi connectivity index (χ4n) is 1.18. The van der Waals surface area contributed by atoms with Crippen molar-refractivity contribution in [3.8, 4) is 0 Å². The molecule has 0 aromatic heterocycles. The predicted octanol–water partition coefficient (Wildman–Crippen LogP) is 2.47. The fourth-order valence-corrected chi connectivity index (χ4v) is 2.46. The maximum atomic E-state index is 11.2. The van der Waals surface area contributed by atoms with E-state index < -0.39 is 21.6 Å². The van der Waals surface area contributed by atoms with Crippen LogP contribution in [0.25, 0.3) is 0 Å². The van der Waals surface area contributed by atoms with Gasteiger partial charge in [-0.1, -0.05) is 37.4 Å². The van der Waals surface area contributed by atoms with Crippen LogP contribution in [0.3, 0.4) is 0 Å². The Balaban J connectivity index is 2.67. The van der Waals surface area contributed by atoms with Crippen LogP contribution >= 0.6 is 0 Å². The zero-order valence-corrected chi connectivity index (χ0v) is 10.6. The Kier molecular flexibility index (Phi) is 5.35. The van der Waals surface area contributed by atoms with Crippen molar-refractivity contribution < 1.29 is 8.42 Å². The van der Waals surface area contributed by atoms with Gasteiger partial charge in [0.2, 0.25) is 0 Å². The molecule has 1 rings (SSSR count). The van der Waals surface area contributed by atoms with Gasteiger partial charge in [0.15, 0.2) is 0 Å². The highest BCUT2D eigenvalue weighted by Crippen LogP contribution is 2.09. The summed E-state index contributed by atoms with van der Waals surface area (Å²) in [5.74, 6) is 0.961. The van der Waals surface area contributed by atoms with Crippen LogP contribution in [0.5, 0.6) is 0 Å². The van der Waals surface area contributed by atoms with Crippen molar-refractivity contribution in [1.82, 2.24) is 0 Å². The molecule has 0 aliphatic carbocycles. The third-order valence-corrected chi connectivity index (χ3v) is 3.99. The van der Waals surface area contributed by atoms with Gasteiger partial charge in [-0.05, 0) is 21.9 Å². The molecule has 0 fully saturated rings. The van der Waals surface area contributed by atoms with Crippen molar-refractivity contribution in [1.29, 1.82) is 0 Å². The van der Waals surface area contributed by atoms with Crippen molar-refractivity contribution in [2.24, 2.45) is 0 Å². The maximum Gasteiger partial charge on any atom is 0.0526 e. The molecule has 0 N–H and O–H groups in total. The molecule has 2 atom stereocenters. The normalized spacial score (nSPS) is 14.0. The Morgan fingerprint density at radius 3 is 1.44 bits per heavy atom. The van der Waals surface area contributed by atoms with Gasteiger partial charge in [0, 0.05) is 21.6 Å². The van der Waals surface area contributed by atoms with E-state index in [0.29, 0.717) is 11.5 Å². The van der Waals surface area contributed by atoms with E-state index in [1.807, 2.05) is 24.3 Å². The van der Waals surface area contributed by atoms with E-state index >= 15 is 0 Å². The molecule has 0 amide bonds. The highest BCUT2D eigenvalue weighted by molar-refractivity contribution is 7.87. The molecule has 0 radical (unpaired) electrons. The average Bonchev–Trinajstić information content (AvgIpc) is 2.31. The second-order valence-corrected chi connectivity index (χ2v) is 5.97. The lowest BCUT2D eigenvalue weighted by molar-refractivity contribution is 0.687. The minimum atomic E-state index is -1.01. The van der Waals surface area contributed by atoms with Crippen LogP contribution in [0.4, 0.5) is 0 Å². The molecule has 0 spiro atoms. The van der Waals surface area contributed by atoms with Gasteiger partial charge >= 0.3 is 0 Å². The lowest BCUT2D eigenvalue weighted by Crippen LogP contribution is -1.94. The largest absolute Gasteiger partial charge is 0.255 e. The summed E-state index contributed by atoms with van der Waals surface area (Å²) in [6, 6.07) is 7.60. The lowest BCUT2D eigenvalue weighted by atomic mass is 10.2. The van der Waals surface area contributed by atoms with Crippen molar-refractivity contribution in [3.05, 3.63) is 59.4 Å². The van der Waals surface area contributed by atoms with Crippen molar-refractivity contribution in [2.45, 2.75) is 11.5 Å². The van der Waals surface area contributed by atoms with Crippen LogP contribution < -0.4 is 0 Å². The second-order valence-electron chi connectivity index (χ2n) is 3.20. The Bertz CT molecular complexity index is 380. The molecular weight excluding hydrogens is 240 g/mol. The van der Waals surface area contributed by atoms with Gasteiger partial charge in [0.1, 0.15) is 0 Å². The molecule has 0 saturated carbocycles. The highest BCUT2D eigenvalue weighted by Gasteiger charge is 2.00. The molecule has 0 heterocycles. The van der Waals surface area contributed by atoms with Crippen LogP contribution in [0.1, 0.15) is 11.1 Å². The quantitative estimate of drug-likeness (QED) is 0.781. The first-order chi connectivity index (χ1) is 7.65. The molecule has 4 heteroatoms. The van der Waals surface area contributed by atoms with Crippen molar-refractivity contribution in [2.75, 3.05) is 0 Å². The maximum absolute atomic E-state index is 11.2. The summed E-state index contributed by atoms with van der Waals surface area (Å²) < 4.78 is 22.4. The zero-order valence-electron chi connectivity index (χ0n) is 8.93.